The van der Waals surface area contributed by atoms with Gasteiger partial charge in [0.1, 0.15) is 11.6 Å². The zero-order valence-electron chi connectivity index (χ0n) is 12.5. The molecule has 1 aromatic carbocycles. The number of nitrogens with two attached hydrogens (primary N) is 1. The first kappa shape index (κ1) is 15.2. The molecule has 0 bridgehead atoms. The molecular formula is C15H14ClFN6. The second-order valence-corrected chi connectivity index (χ2v) is 5.46. The molecule has 0 saturated carbocycles. The molecular weight excluding hydrogens is 319 g/mol. The van der Waals surface area contributed by atoms with E-state index < -0.39 is 5.82 Å². The maximum absolute atomic E-state index is 13.4. The van der Waals surface area contributed by atoms with Crippen molar-refractivity contribution in [3.63, 3.8) is 0 Å². The van der Waals surface area contributed by atoms with Crippen LogP contribution in [0, 0.1) is 19.7 Å². The number of rotatable bonds is 3. The average molecular weight is 333 g/mol. The first-order valence-electron chi connectivity index (χ1n) is 6.82. The highest BCUT2D eigenvalue weighted by Gasteiger charge is 2.10. The Morgan fingerprint density at radius 2 is 1.96 bits per heavy atom. The van der Waals surface area contributed by atoms with Gasteiger partial charge in [-0.25, -0.2) is 9.07 Å². The molecule has 3 rings (SSSR count). The Kier molecular flexibility index (Phi) is 3.87. The van der Waals surface area contributed by atoms with Crippen molar-refractivity contribution in [2.75, 3.05) is 11.1 Å². The Bertz CT molecular complexity index is 876. The minimum Gasteiger partial charge on any atom is -0.368 e. The summed E-state index contributed by atoms with van der Waals surface area (Å²) in [5.74, 6) is 0.577. The molecule has 0 spiro atoms. The van der Waals surface area contributed by atoms with E-state index in [1.54, 1.807) is 10.7 Å². The third kappa shape index (κ3) is 3.24. The minimum absolute atomic E-state index is 0.0741. The van der Waals surface area contributed by atoms with E-state index in [0.717, 1.165) is 11.4 Å². The molecule has 3 N–H and O–H groups in total. The van der Waals surface area contributed by atoms with Crippen LogP contribution in [-0.4, -0.2) is 19.7 Å². The summed E-state index contributed by atoms with van der Waals surface area (Å²) in [5, 5.41) is 7.68. The van der Waals surface area contributed by atoms with Gasteiger partial charge >= 0.3 is 0 Å². The Morgan fingerprint density at radius 1 is 1.17 bits per heavy atom. The summed E-state index contributed by atoms with van der Waals surface area (Å²) in [5.41, 5.74) is 7.93. The average Bonchev–Trinajstić information content (AvgIpc) is 2.81. The monoisotopic (exact) mass is 332 g/mol. The molecule has 0 aliphatic rings. The van der Waals surface area contributed by atoms with E-state index in [-0.39, 0.29) is 5.95 Å². The standard InChI is InChI=1S/C15H14ClFN6/c1-8-5-9(2)23(22-8)14-7-13(20-15(18)21-14)19-12-6-10(17)3-4-11(12)16/h3-7H,1-2H3,(H3,18,19,20,21). The smallest absolute Gasteiger partial charge is 0.224 e. The molecule has 2 heterocycles. The molecule has 118 valence electrons. The summed E-state index contributed by atoms with van der Waals surface area (Å²) in [7, 11) is 0. The van der Waals surface area contributed by atoms with E-state index in [2.05, 4.69) is 20.4 Å². The highest BCUT2D eigenvalue weighted by atomic mass is 35.5. The minimum atomic E-state index is -0.405. The molecule has 0 fully saturated rings. The summed E-state index contributed by atoms with van der Waals surface area (Å²) in [6.45, 7) is 3.80. The van der Waals surface area contributed by atoms with Crippen LogP contribution in [0.1, 0.15) is 11.4 Å². The Morgan fingerprint density at radius 3 is 2.65 bits per heavy atom. The number of anilines is 3. The van der Waals surface area contributed by atoms with E-state index in [1.165, 1.54) is 18.2 Å². The van der Waals surface area contributed by atoms with Crippen LogP contribution >= 0.6 is 11.6 Å². The van der Waals surface area contributed by atoms with Crippen LogP contribution in [-0.2, 0) is 0 Å². The molecule has 0 amide bonds. The van der Waals surface area contributed by atoms with Crippen molar-refractivity contribution in [1.82, 2.24) is 19.7 Å². The molecule has 0 unspecified atom stereocenters. The quantitative estimate of drug-likeness (QED) is 0.768. The van der Waals surface area contributed by atoms with Gasteiger partial charge in [-0.1, -0.05) is 11.6 Å². The number of aryl methyl sites for hydroxylation is 2. The van der Waals surface area contributed by atoms with Gasteiger partial charge in [0, 0.05) is 11.8 Å². The second kappa shape index (κ2) is 5.85. The maximum atomic E-state index is 13.4. The molecule has 0 aliphatic carbocycles. The molecule has 2 aromatic heterocycles. The normalized spacial score (nSPS) is 10.8. The Hall–Kier alpha value is -2.67. The van der Waals surface area contributed by atoms with Crippen LogP contribution in [0.3, 0.4) is 0 Å². The van der Waals surface area contributed by atoms with E-state index >= 15 is 0 Å². The molecule has 0 radical (unpaired) electrons. The van der Waals surface area contributed by atoms with Crippen LogP contribution in [0.2, 0.25) is 5.02 Å². The van der Waals surface area contributed by atoms with Gasteiger partial charge in [0.15, 0.2) is 5.82 Å². The van der Waals surface area contributed by atoms with Gasteiger partial charge in [0.05, 0.1) is 16.4 Å². The molecule has 23 heavy (non-hydrogen) atoms. The predicted molar refractivity (Wildman–Crippen MR) is 87.7 cm³/mol. The number of benzene rings is 1. The third-order valence-corrected chi connectivity index (χ3v) is 3.48. The number of nitrogens with zero attached hydrogens (tertiary/aromatic N) is 4. The molecule has 8 heteroatoms. The summed E-state index contributed by atoms with van der Waals surface area (Å²) < 4.78 is 15.0. The fourth-order valence-electron chi connectivity index (χ4n) is 2.22. The van der Waals surface area contributed by atoms with E-state index in [0.29, 0.717) is 22.3 Å². The van der Waals surface area contributed by atoms with Gasteiger partial charge in [-0.3, -0.25) is 0 Å². The van der Waals surface area contributed by atoms with Crippen molar-refractivity contribution in [2.45, 2.75) is 13.8 Å². The predicted octanol–water partition coefficient (Wildman–Crippen LogP) is 3.40. The van der Waals surface area contributed by atoms with Crippen molar-refractivity contribution in [2.24, 2.45) is 0 Å². The number of hydrogen-bond donors (Lipinski definition) is 2. The molecule has 0 saturated heterocycles. The van der Waals surface area contributed by atoms with Gasteiger partial charge in [-0.15, -0.1) is 0 Å². The van der Waals surface area contributed by atoms with Crippen LogP contribution in [0.5, 0.6) is 0 Å². The first-order chi connectivity index (χ1) is 10.9. The third-order valence-electron chi connectivity index (χ3n) is 3.15. The first-order valence-corrected chi connectivity index (χ1v) is 7.20. The number of hydrogen-bond acceptors (Lipinski definition) is 5. The summed E-state index contributed by atoms with van der Waals surface area (Å²) >= 11 is 6.05. The van der Waals surface area contributed by atoms with Crippen molar-refractivity contribution >= 4 is 29.1 Å². The maximum Gasteiger partial charge on any atom is 0.224 e. The molecule has 6 nitrogen and oxygen atoms in total. The number of nitrogen functional groups attached to an aromatic ring is 1. The second-order valence-electron chi connectivity index (χ2n) is 5.06. The SMILES string of the molecule is Cc1cc(C)n(-c2cc(Nc3cc(F)ccc3Cl)nc(N)n2)n1. The molecule has 3 aromatic rings. The number of nitrogens with one attached hydrogen (secondary N) is 1. The fraction of sp³-hybridized carbons (Fsp3) is 0.133. The van der Waals surface area contributed by atoms with Crippen molar-refractivity contribution in [3.8, 4) is 5.82 Å². The lowest BCUT2D eigenvalue weighted by Gasteiger charge is -2.10. The Balaban J connectivity index is 2.01. The fourth-order valence-corrected chi connectivity index (χ4v) is 2.38. The summed E-state index contributed by atoms with van der Waals surface area (Å²) in [6.07, 6.45) is 0. The highest BCUT2D eigenvalue weighted by Crippen LogP contribution is 2.26. The van der Waals surface area contributed by atoms with Gasteiger partial charge in [-0.2, -0.15) is 15.1 Å². The summed E-state index contributed by atoms with van der Waals surface area (Å²) in [6, 6.07) is 7.62. The van der Waals surface area contributed by atoms with E-state index in [9.17, 15) is 4.39 Å². The molecule has 0 atom stereocenters. The van der Waals surface area contributed by atoms with Gasteiger partial charge in [0.25, 0.3) is 0 Å². The molecule has 0 aliphatic heterocycles. The van der Waals surface area contributed by atoms with E-state index in [1.807, 2.05) is 19.9 Å². The van der Waals surface area contributed by atoms with Crippen LogP contribution in [0.15, 0.2) is 30.3 Å². The van der Waals surface area contributed by atoms with Crippen LogP contribution < -0.4 is 11.1 Å². The van der Waals surface area contributed by atoms with E-state index in [4.69, 9.17) is 17.3 Å². The number of aromatic nitrogens is 4. The zero-order valence-corrected chi connectivity index (χ0v) is 13.3. The zero-order chi connectivity index (χ0) is 16.6. The Labute approximate surface area is 137 Å². The highest BCUT2D eigenvalue weighted by molar-refractivity contribution is 6.33. The lowest BCUT2D eigenvalue weighted by atomic mass is 10.3. The van der Waals surface area contributed by atoms with Crippen molar-refractivity contribution in [1.29, 1.82) is 0 Å². The topological polar surface area (TPSA) is 81.7 Å². The van der Waals surface area contributed by atoms with Gasteiger partial charge < -0.3 is 11.1 Å². The van der Waals surface area contributed by atoms with Crippen LogP contribution in [0.4, 0.5) is 21.8 Å². The summed E-state index contributed by atoms with van der Waals surface area (Å²) in [4.78, 5) is 8.28. The largest absolute Gasteiger partial charge is 0.368 e. The van der Waals surface area contributed by atoms with Crippen LogP contribution in [0.25, 0.3) is 5.82 Å². The van der Waals surface area contributed by atoms with Crippen molar-refractivity contribution in [3.05, 3.63) is 52.6 Å². The van der Waals surface area contributed by atoms with Crippen molar-refractivity contribution < 1.29 is 4.39 Å². The lowest BCUT2D eigenvalue weighted by Crippen LogP contribution is -2.08. The lowest BCUT2D eigenvalue weighted by molar-refractivity contribution is 0.628. The number of halogens is 2. The van der Waals surface area contributed by atoms with Gasteiger partial charge in [0.2, 0.25) is 5.95 Å². The van der Waals surface area contributed by atoms with Gasteiger partial charge in [-0.05, 0) is 38.1 Å².